The largest absolute Gasteiger partial charge is 0.352 e. The van der Waals surface area contributed by atoms with E-state index < -0.39 is 0 Å². The van der Waals surface area contributed by atoms with Crippen LogP contribution in [0.15, 0.2) is 12.4 Å². The molecule has 1 atom stereocenters. The Balaban J connectivity index is 2.22. The van der Waals surface area contributed by atoms with E-state index in [1.54, 1.807) is 12.4 Å². The van der Waals surface area contributed by atoms with Crippen LogP contribution in [0.4, 0.5) is 5.82 Å². The van der Waals surface area contributed by atoms with Crippen molar-refractivity contribution >= 4 is 17.4 Å². The first-order valence-electron chi connectivity index (χ1n) is 4.01. The lowest BCUT2D eigenvalue weighted by atomic mass is 10.1. The van der Waals surface area contributed by atoms with Crippen molar-refractivity contribution in [2.75, 3.05) is 11.4 Å². The number of halogens is 1. The molecule has 0 amide bonds. The molecule has 1 aliphatic rings. The Morgan fingerprint density at radius 3 is 2.92 bits per heavy atom. The third-order valence-corrected chi connectivity index (χ3v) is 2.39. The molecule has 1 unspecified atom stereocenters. The number of anilines is 1. The standard InChI is InChI=1S/C8H10ClN3/c1-6-2-3-12(6)8-5-10-4-7(9)11-8/h4-6H,2-3H2,1H3. The Labute approximate surface area is 76.4 Å². The van der Waals surface area contributed by atoms with Gasteiger partial charge < -0.3 is 4.90 Å². The van der Waals surface area contributed by atoms with E-state index in [1.165, 1.54) is 6.42 Å². The van der Waals surface area contributed by atoms with E-state index in [4.69, 9.17) is 11.6 Å². The second-order valence-corrected chi connectivity index (χ2v) is 3.42. The lowest BCUT2D eigenvalue weighted by molar-refractivity contribution is 0.475. The van der Waals surface area contributed by atoms with E-state index >= 15 is 0 Å². The molecule has 12 heavy (non-hydrogen) atoms. The van der Waals surface area contributed by atoms with Crippen LogP contribution in [-0.2, 0) is 0 Å². The summed E-state index contributed by atoms with van der Waals surface area (Å²) < 4.78 is 0. The number of nitrogens with zero attached hydrogens (tertiary/aromatic N) is 3. The van der Waals surface area contributed by atoms with E-state index in [-0.39, 0.29) is 0 Å². The highest BCUT2D eigenvalue weighted by atomic mass is 35.5. The molecule has 0 aromatic carbocycles. The van der Waals surface area contributed by atoms with Crippen molar-refractivity contribution in [3.63, 3.8) is 0 Å². The van der Waals surface area contributed by atoms with Crippen molar-refractivity contribution < 1.29 is 0 Å². The highest BCUT2D eigenvalue weighted by molar-refractivity contribution is 6.29. The van der Waals surface area contributed by atoms with Gasteiger partial charge in [-0.3, -0.25) is 4.98 Å². The second-order valence-electron chi connectivity index (χ2n) is 3.03. The zero-order valence-electron chi connectivity index (χ0n) is 6.87. The summed E-state index contributed by atoms with van der Waals surface area (Å²) in [5.74, 6) is 0.890. The summed E-state index contributed by atoms with van der Waals surface area (Å²) in [4.78, 5) is 10.4. The highest BCUT2D eigenvalue weighted by Gasteiger charge is 2.24. The van der Waals surface area contributed by atoms with Crippen molar-refractivity contribution in [1.29, 1.82) is 0 Å². The summed E-state index contributed by atoms with van der Waals surface area (Å²) >= 11 is 5.72. The Bertz CT molecular complexity index is 289. The molecule has 2 heterocycles. The molecule has 0 saturated carbocycles. The number of rotatable bonds is 1. The minimum atomic E-state index is 0.464. The van der Waals surface area contributed by atoms with E-state index in [0.29, 0.717) is 11.2 Å². The topological polar surface area (TPSA) is 29.0 Å². The summed E-state index contributed by atoms with van der Waals surface area (Å²) in [6, 6.07) is 0.581. The molecule has 1 fully saturated rings. The van der Waals surface area contributed by atoms with E-state index in [1.807, 2.05) is 0 Å². The maximum absolute atomic E-state index is 5.72. The molecule has 0 spiro atoms. The molecule has 3 nitrogen and oxygen atoms in total. The van der Waals surface area contributed by atoms with Crippen molar-refractivity contribution in [3.8, 4) is 0 Å². The van der Waals surface area contributed by atoms with Gasteiger partial charge in [0.2, 0.25) is 0 Å². The molecule has 0 bridgehead atoms. The van der Waals surface area contributed by atoms with Gasteiger partial charge >= 0.3 is 0 Å². The predicted molar refractivity (Wildman–Crippen MR) is 48.5 cm³/mol. The maximum Gasteiger partial charge on any atom is 0.149 e. The molecule has 0 aliphatic carbocycles. The van der Waals surface area contributed by atoms with Crippen LogP contribution in [-0.4, -0.2) is 22.6 Å². The molecule has 1 aliphatic heterocycles. The quantitative estimate of drug-likeness (QED) is 0.664. The summed E-state index contributed by atoms with van der Waals surface area (Å²) in [5, 5.41) is 0.464. The van der Waals surface area contributed by atoms with E-state index in [9.17, 15) is 0 Å². The fourth-order valence-electron chi connectivity index (χ4n) is 1.33. The Morgan fingerprint density at radius 2 is 2.42 bits per heavy atom. The summed E-state index contributed by atoms with van der Waals surface area (Å²) in [5.41, 5.74) is 0. The minimum absolute atomic E-state index is 0.464. The SMILES string of the molecule is CC1CCN1c1cncc(Cl)n1. The zero-order valence-corrected chi connectivity index (χ0v) is 7.62. The van der Waals surface area contributed by atoms with Crippen LogP contribution in [0.2, 0.25) is 5.15 Å². The molecule has 1 aromatic rings. The van der Waals surface area contributed by atoms with Gasteiger partial charge in [0.05, 0.1) is 12.4 Å². The van der Waals surface area contributed by atoms with Crippen LogP contribution >= 0.6 is 11.6 Å². The Kier molecular flexibility index (Phi) is 1.89. The van der Waals surface area contributed by atoms with Gasteiger partial charge in [0.1, 0.15) is 11.0 Å². The summed E-state index contributed by atoms with van der Waals surface area (Å²) in [6.07, 6.45) is 4.53. The summed E-state index contributed by atoms with van der Waals surface area (Å²) in [7, 11) is 0. The van der Waals surface area contributed by atoms with Gasteiger partial charge in [0.25, 0.3) is 0 Å². The van der Waals surface area contributed by atoms with Gasteiger partial charge in [-0.1, -0.05) is 11.6 Å². The first-order chi connectivity index (χ1) is 5.77. The van der Waals surface area contributed by atoms with Crippen LogP contribution in [0.25, 0.3) is 0 Å². The van der Waals surface area contributed by atoms with E-state index in [2.05, 4.69) is 21.8 Å². The Morgan fingerprint density at radius 1 is 1.58 bits per heavy atom. The van der Waals surface area contributed by atoms with Gasteiger partial charge in [-0.05, 0) is 13.3 Å². The monoisotopic (exact) mass is 183 g/mol. The number of aromatic nitrogens is 2. The molecule has 4 heteroatoms. The smallest absolute Gasteiger partial charge is 0.149 e. The molecule has 1 aromatic heterocycles. The number of hydrogen-bond donors (Lipinski definition) is 0. The lowest BCUT2D eigenvalue weighted by Gasteiger charge is -2.39. The second kappa shape index (κ2) is 2.90. The minimum Gasteiger partial charge on any atom is -0.352 e. The first kappa shape index (κ1) is 7.80. The molecule has 64 valence electrons. The van der Waals surface area contributed by atoms with Crippen molar-refractivity contribution in [2.24, 2.45) is 0 Å². The average molecular weight is 184 g/mol. The predicted octanol–water partition coefficient (Wildman–Crippen LogP) is 1.73. The molecular weight excluding hydrogens is 174 g/mol. The summed E-state index contributed by atoms with van der Waals surface area (Å²) in [6.45, 7) is 3.24. The molecule has 2 rings (SSSR count). The van der Waals surface area contributed by atoms with Crippen LogP contribution in [0.5, 0.6) is 0 Å². The van der Waals surface area contributed by atoms with Gasteiger partial charge in [-0.2, -0.15) is 0 Å². The van der Waals surface area contributed by atoms with Crippen LogP contribution in [0.1, 0.15) is 13.3 Å². The lowest BCUT2D eigenvalue weighted by Crippen LogP contribution is -2.46. The fourth-order valence-corrected chi connectivity index (χ4v) is 1.47. The normalized spacial score (nSPS) is 22.2. The van der Waals surface area contributed by atoms with Crippen LogP contribution in [0, 0.1) is 0 Å². The van der Waals surface area contributed by atoms with Gasteiger partial charge in [0, 0.05) is 12.6 Å². The van der Waals surface area contributed by atoms with Gasteiger partial charge in [-0.15, -0.1) is 0 Å². The molecule has 0 N–H and O–H groups in total. The molecule has 0 radical (unpaired) electrons. The fraction of sp³-hybridized carbons (Fsp3) is 0.500. The molecule has 1 saturated heterocycles. The van der Waals surface area contributed by atoms with Crippen molar-refractivity contribution in [3.05, 3.63) is 17.5 Å². The first-order valence-corrected chi connectivity index (χ1v) is 4.39. The van der Waals surface area contributed by atoms with Gasteiger partial charge in [0.15, 0.2) is 0 Å². The third-order valence-electron chi connectivity index (χ3n) is 2.21. The van der Waals surface area contributed by atoms with Crippen LogP contribution < -0.4 is 4.90 Å². The zero-order chi connectivity index (χ0) is 8.55. The van der Waals surface area contributed by atoms with Crippen molar-refractivity contribution in [2.45, 2.75) is 19.4 Å². The number of hydrogen-bond acceptors (Lipinski definition) is 3. The molecular formula is C8H10ClN3. The average Bonchev–Trinajstić information content (AvgIpc) is 2.02. The highest BCUT2D eigenvalue weighted by Crippen LogP contribution is 2.23. The van der Waals surface area contributed by atoms with Crippen molar-refractivity contribution in [1.82, 2.24) is 9.97 Å². The third kappa shape index (κ3) is 1.25. The van der Waals surface area contributed by atoms with E-state index in [0.717, 1.165) is 12.4 Å². The van der Waals surface area contributed by atoms with Gasteiger partial charge in [-0.25, -0.2) is 4.98 Å². The Hall–Kier alpha value is -0.830. The van der Waals surface area contributed by atoms with Crippen LogP contribution in [0.3, 0.4) is 0 Å². The maximum atomic E-state index is 5.72.